The Hall–Kier alpha value is -2.33. The minimum absolute atomic E-state index is 0.0355. The van der Waals surface area contributed by atoms with Crippen molar-refractivity contribution in [1.82, 2.24) is 4.90 Å². The van der Waals surface area contributed by atoms with E-state index in [-0.39, 0.29) is 11.7 Å². The van der Waals surface area contributed by atoms with Crippen molar-refractivity contribution in [1.29, 1.82) is 0 Å². The molecule has 0 spiro atoms. The lowest BCUT2D eigenvalue weighted by molar-refractivity contribution is 0.0751. The Morgan fingerprint density at radius 1 is 1.14 bits per heavy atom. The Balaban J connectivity index is 1.94. The molecule has 3 nitrogen and oxygen atoms in total. The van der Waals surface area contributed by atoms with Gasteiger partial charge in [0.15, 0.2) is 0 Å². The van der Waals surface area contributed by atoms with Gasteiger partial charge in [-0.25, -0.2) is 0 Å². The van der Waals surface area contributed by atoms with E-state index in [2.05, 4.69) is 0 Å². The summed E-state index contributed by atoms with van der Waals surface area (Å²) in [5.74, 6) is -0.104. The zero-order valence-electron chi connectivity index (χ0n) is 12.3. The number of hydrogen-bond acceptors (Lipinski definition) is 3. The first-order valence-electron chi connectivity index (χ1n) is 7.22. The zero-order chi connectivity index (χ0) is 15.5. The number of aromatic hydroxyl groups is 1. The summed E-state index contributed by atoms with van der Waals surface area (Å²) in [4.78, 5) is 15.6. The number of nitrogens with zero attached hydrogens (tertiary/aromatic N) is 1. The van der Waals surface area contributed by atoms with Crippen LogP contribution in [-0.4, -0.2) is 22.5 Å². The number of rotatable bonds is 4. The van der Waals surface area contributed by atoms with Gasteiger partial charge in [0.05, 0.1) is 12.1 Å². The smallest absolute Gasteiger partial charge is 0.257 e. The molecule has 1 aromatic heterocycles. The van der Waals surface area contributed by atoms with Crippen molar-refractivity contribution in [3.63, 3.8) is 0 Å². The standard InChI is InChI=1S/C18H17NO2S/c1-2-19(12-15-8-5-9-22-15)18(21)16-10-13-6-3-4-7-14(13)11-17(16)20/h3-11,20H,2,12H2,1H3. The first-order chi connectivity index (χ1) is 10.7. The highest BCUT2D eigenvalue weighted by Gasteiger charge is 2.19. The molecule has 0 saturated heterocycles. The molecule has 3 rings (SSSR count). The van der Waals surface area contributed by atoms with Gasteiger partial charge in [-0.05, 0) is 41.3 Å². The number of amides is 1. The van der Waals surface area contributed by atoms with Gasteiger partial charge in [0.25, 0.3) is 5.91 Å². The molecule has 0 unspecified atom stereocenters. The van der Waals surface area contributed by atoms with Gasteiger partial charge in [0.2, 0.25) is 0 Å². The summed E-state index contributed by atoms with van der Waals surface area (Å²) in [5, 5.41) is 14.1. The predicted molar refractivity (Wildman–Crippen MR) is 90.3 cm³/mol. The summed E-state index contributed by atoms with van der Waals surface area (Å²) >= 11 is 1.63. The monoisotopic (exact) mass is 311 g/mol. The Morgan fingerprint density at radius 3 is 2.50 bits per heavy atom. The van der Waals surface area contributed by atoms with Crippen molar-refractivity contribution in [2.45, 2.75) is 13.5 Å². The molecule has 1 heterocycles. The third-order valence-corrected chi connectivity index (χ3v) is 4.55. The molecule has 0 aliphatic heterocycles. The molecule has 0 aliphatic rings. The van der Waals surface area contributed by atoms with Crippen LogP contribution in [0.25, 0.3) is 10.8 Å². The average Bonchev–Trinajstić information content (AvgIpc) is 3.04. The molecule has 1 N–H and O–H groups in total. The lowest BCUT2D eigenvalue weighted by Gasteiger charge is -2.21. The fraction of sp³-hybridized carbons (Fsp3) is 0.167. The number of carbonyl (C=O) groups excluding carboxylic acids is 1. The Kier molecular flexibility index (Phi) is 4.11. The summed E-state index contributed by atoms with van der Waals surface area (Å²) in [6, 6.07) is 15.1. The minimum atomic E-state index is -0.140. The number of hydrogen-bond donors (Lipinski definition) is 1. The molecule has 0 saturated carbocycles. The van der Waals surface area contributed by atoms with Crippen LogP contribution in [0.15, 0.2) is 53.9 Å². The van der Waals surface area contributed by atoms with E-state index >= 15 is 0 Å². The molecular formula is C18H17NO2S. The zero-order valence-corrected chi connectivity index (χ0v) is 13.1. The van der Waals surface area contributed by atoms with Crippen molar-refractivity contribution in [2.24, 2.45) is 0 Å². The fourth-order valence-electron chi connectivity index (χ4n) is 2.49. The maximum atomic E-state index is 12.7. The van der Waals surface area contributed by atoms with Crippen molar-refractivity contribution in [2.75, 3.05) is 6.54 Å². The van der Waals surface area contributed by atoms with Crippen LogP contribution in [-0.2, 0) is 6.54 Å². The molecule has 0 bridgehead atoms. The van der Waals surface area contributed by atoms with Crippen molar-refractivity contribution < 1.29 is 9.90 Å². The maximum Gasteiger partial charge on any atom is 0.257 e. The number of thiophene rings is 1. The van der Waals surface area contributed by atoms with E-state index in [4.69, 9.17) is 0 Å². The number of carbonyl (C=O) groups is 1. The first-order valence-corrected chi connectivity index (χ1v) is 8.10. The number of benzene rings is 2. The van der Waals surface area contributed by atoms with Crippen LogP contribution >= 0.6 is 11.3 Å². The Bertz CT molecular complexity index is 796. The minimum Gasteiger partial charge on any atom is -0.507 e. The third kappa shape index (κ3) is 2.83. The normalized spacial score (nSPS) is 10.8. The second kappa shape index (κ2) is 6.20. The molecule has 0 aliphatic carbocycles. The van der Waals surface area contributed by atoms with E-state index in [1.165, 1.54) is 0 Å². The summed E-state index contributed by atoms with van der Waals surface area (Å²) in [5.41, 5.74) is 0.358. The largest absolute Gasteiger partial charge is 0.507 e. The van der Waals surface area contributed by atoms with Crippen molar-refractivity contribution >= 4 is 28.0 Å². The highest BCUT2D eigenvalue weighted by Crippen LogP contribution is 2.26. The van der Waals surface area contributed by atoms with E-state index in [0.717, 1.165) is 15.6 Å². The van der Waals surface area contributed by atoms with E-state index in [0.29, 0.717) is 18.7 Å². The lowest BCUT2D eigenvalue weighted by atomic mass is 10.0. The van der Waals surface area contributed by atoms with Gasteiger partial charge in [0.1, 0.15) is 5.75 Å². The van der Waals surface area contributed by atoms with Crippen LogP contribution in [0.4, 0.5) is 0 Å². The molecule has 4 heteroatoms. The van der Waals surface area contributed by atoms with Crippen molar-refractivity contribution in [3.05, 3.63) is 64.4 Å². The van der Waals surface area contributed by atoms with Gasteiger partial charge in [-0.15, -0.1) is 11.3 Å². The molecule has 0 radical (unpaired) electrons. The SMILES string of the molecule is CCN(Cc1cccs1)C(=O)c1cc2ccccc2cc1O. The molecule has 0 fully saturated rings. The van der Waals surface area contributed by atoms with Crippen LogP contribution < -0.4 is 0 Å². The second-order valence-corrected chi connectivity index (χ2v) is 6.15. The topological polar surface area (TPSA) is 40.5 Å². The summed E-state index contributed by atoms with van der Waals surface area (Å²) < 4.78 is 0. The van der Waals surface area contributed by atoms with Crippen LogP contribution in [0.2, 0.25) is 0 Å². The maximum absolute atomic E-state index is 12.7. The molecular weight excluding hydrogens is 294 g/mol. The van der Waals surface area contributed by atoms with Gasteiger partial charge >= 0.3 is 0 Å². The van der Waals surface area contributed by atoms with Crippen LogP contribution in [0.3, 0.4) is 0 Å². The molecule has 22 heavy (non-hydrogen) atoms. The lowest BCUT2D eigenvalue weighted by Crippen LogP contribution is -2.30. The molecule has 1 amide bonds. The Labute approximate surface area is 133 Å². The van der Waals surface area contributed by atoms with Crippen molar-refractivity contribution in [3.8, 4) is 5.75 Å². The number of phenols is 1. The van der Waals surface area contributed by atoms with Crippen LogP contribution in [0, 0.1) is 0 Å². The van der Waals surface area contributed by atoms with Gasteiger partial charge < -0.3 is 10.0 Å². The summed E-state index contributed by atoms with van der Waals surface area (Å²) in [6.07, 6.45) is 0. The van der Waals surface area contributed by atoms with E-state index in [9.17, 15) is 9.90 Å². The summed E-state index contributed by atoms with van der Waals surface area (Å²) in [6.45, 7) is 3.12. The van der Waals surface area contributed by atoms with Gasteiger partial charge in [0, 0.05) is 11.4 Å². The number of phenolic OH excluding ortho intramolecular Hbond substituents is 1. The van der Waals surface area contributed by atoms with Crippen LogP contribution in [0.1, 0.15) is 22.2 Å². The van der Waals surface area contributed by atoms with E-state index < -0.39 is 0 Å². The van der Waals surface area contributed by atoms with Gasteiger partial charge in [-0.1, -0.05) is 30.3 Å². The fourth-order valence-corrected chi connectivity index (χ4v) is 3.21. The molecule has 3 aromatic rings. The molecule has 112 valence electrons. The number of fused-ring (bicyclic) bond motifs is 1. The second-order valence-electron chi connectivity index (χ2n) is 5.12. The van der Waals surface area contributed by atoms with E-state index in [1.807, 2.05) is 48.7 Å². The third-order valence-electron chi connectivity index (χ3n) is 3.69. The molecule has 2 aromatic carbocycles. The highest BCUT2D eigenvalue weighted by molar-refractivity contribution is 7.09. The quantitative estimate of drug-likeness (QED) is 0.781. The first kappa shape index (κ1) is 14.6. The Morgan fingerprint density at radius 2 is 1.86 bits per heavy atom. The summed E-state index contributed by atoms with van der Waals surface area (Å²) in [7, 11) is 0. The van der Waals surface area contributed by atoms with Gasteiger partial charge in [-0.2, -0.15) is 0 Å². The van der Waals surface area contributed by atoms with E-state index in [1.54, 1.807) is 28.4 Å². The highest BCUT2D eigenvalue weighted by atomic mass is 32.1. The molecule has 0 atom stereocenters. The predicted octanol–water partition coefficient (Wildman–Crippen LogP) is 4.27. The van der Waals surface area contributed by atoms with Gasteiger partial charge in [-0.3, -0.25) is 4.79 Å². The average molecular weight is 311 g/mol. The van der Waals surface area contributed by atoms with Crippen LogP contribution in [0.5, 0.6) is 5.75 Å².